The molecule has 0 fully saturated rings. The molecule has 0 saturated heterocycles. The quantitative estimate of drug-likeness (QED) is 0.738. The lowest BCUT2D eigenvalue weighted by Gasteiger charge is -2.16. The lowest BCUT2D eigenvalue weighted by molar-refractivity contribution is 0.254. The van der Waals surface area contributed by atoms with E-state index in [1.165, 1.54) is 0 Å². The number of nitrogens with zero attached hydrogens (tertiary/aromatic N) is 4. The van der Waals surface area contributed by atoms with Crippen molar-refractivity contribution in [3.8, 4) is 5.75 Å². The second-order valence-electron chi connectivity index (χ2n) is 5.12. The van der Waals surface area contributed by atoms with Crippen LogP contribution in [-0.2, 0) is 13.6 Å². The first-order valence-corrected chi connectivity index (χ1v) is 7.36. The van der Waals surface area contributed by atoms with Gasteiger partial charge in [-0.05, 0) is 38.6 Å². The lowest BCUT2D eigenvalue weighted by Crippen LogP contribution is -2.22. The first kappa shape index (κ1) is 15.8. The summed E-state index contributed by atoms with van der Waals surface area (Å²) in [5, 5.41) is 8.93. The zero-order valence-electron chi connectivity index (χ0n) is 12.7. The molecule has 114 valence electrons. The standard InChI is InChI=1S/C15H21ClN4O/c1-12-17-18-15(20(12)3)11-19(2)8-5-9-21-14-7-4-6-13(16)10-14/h4,6-7,10H,5,8-9,11H2,1-3H3. The van der Waals surface area contributed by atoms with Crippen LogP contribution in [0.5, 0.6) is 5.75 Å². The Bertz CT molecular complexity index is 585. The number of halogens is 1. The number of rotatable bonds is 7. The Morgan fingerprint density at radius 2 is 2.14 bits per heavy atom. The highest BCUT2D eigenvalue weighted by Gasteiger charge is 2.07. The molecular formula is C15H21ClN4O. The molecule has 0 amide bonds. The second-order valence-corrected chi connectivity index (χ2v) is 5.56. The Labute approximate surface area is 130 Å². The maximum absolute atomic E-state index is 5.91. The first-order chi connectivity index (χ1) is 10.1. The minimum atomic E-state index is 0.669. The van der Waals surface area contributed by atoms with Crippen molar-refractivity contribution in [2.75, 3.05) is 20.2 Å². The van der Waals surface area contributed by atoms with Gasteiger partial charge in [-0.15, -0.1) is 10.2 Å². The van der Waals surface area contributed by atoms with Crippen molar-refractivity contribution in [3.63, 3.8) is 0 Å². The summed E-state index contributed by atoms with van der Waals surface area (Å²) in [6, 6.07) is 7.47. The van der Waals surface area contributed by atoms with Crippen LogP contribution in [0.1, 0.15) is 18.1 Å². The highest BCUT2D eigenvalue weighted by atomic mass is 35.5. The third-order valence-electron chi connectivity index (χ3n) is 3.34. The van der Waals surface area contributed by atoms with Gasteiger partial charge >= 0.3 is 0 Å². The predicted octanol–water partition coefficient (Wildman–Crippen LogP) is 2.68. The van der Waals surface area contributed by atoms with Gasteiger partial charge in [-0.2, -0.15) is 0 Å². The van der Waals surface area contributed by atoms with Gasteiger partial charge in [0.25, 0.3) is 0 Å². The fraction of sp³-hybridized carbons (Fsp3) is 0.467. The maximum atomic E-state index is 5.91. The fourth-order valence-corrected chi connectivity index (χ4v) is 2.17. The summed E-state index contributed by atoms with van der Waals surface area (Å²) in [7, 11) is 4.06. The Hall–Kier alpha value is -1.59. The largest absolute Gasteiger partial charge is 0.493 e. The number of ether oxygens (including phenoxy) is 1. The Kier molecular flexibility index (Phi) is 5.59. The molecule has 2 rings (SSSR count). The van der Waals surface area contributed by atoms with Gasteiger partial charge in [0, 0.05) is 18.6 Å². The van der Waals surface area contributed by atoms with E-state index in [9.17, 15) is 0 Å². The van der Waals surface area contributed by atoms with E-state index in [-0.39, 0.29) is 0 Å². The molecule has 0 atom stereocenters. The highest BCUT2D eigenvalue weighted by molar-refractivity contribution is 6.30. The average Bonchev–Trinajstić information content (AvgIpc) is 2.76. The van der Waals surface area contributed by atoms with Gasteiger partial charge in [0.1, 0.15) is 17.4 Å². The molecule has 1 heterocycles. The molecule has 0 aliphatic rings. The molecule has 0 saturated carbocycles. The van der Waals surface area contributed by atoms with Gasteiger partial charge < -0.3 is 9.30 Å². The van der Waals surface area contributed by atoms with Gasteiger partial charge in [-0.1, -0.05) is 17.7 Å². The van der Waals surface area contributed by atoms with Crippen LogP contribution in [0.25, 0.3) is 0 Å². The van der Waals surface area contributed by atoms with Crippen molar-refractivity contribution in [2.24, 2.45) is 7.05 Å². The SMILES string of the molecule is Cc1nnc(CN(C)CCCOc2cccc(Cl)c2)n1C. The number of aryl methyl sites for hydroxylation is 1. The molecule has 0 bridgehead atoms. The van der Waals surface area contributed by atoms with Crippen LogP contribution in [0.2, 0.25) is 5.02 Å². The molecule has 0 spiro atoms. The molecule has 0 N–H and O–H groups in total. The van der Waals surface area contributed by atoms with Crippen molar-refractivity contribution < 1.29 is 4.74 Å². The summed E-state index contributed by atoms with van der Waals surface area (Å²) >= 11 is 5.91. The summed E-state index contributed by atoms with van der Waals surface area (Å²) in [6.07, 6.45) is 0.944. The smallest absolute Gasteiger partial charge is 0.146 e. The summed E-state index contributed by atoms with van der Waals surface area (Å²) in [5.41, 5.74) is 0. The molecule has 1 aromatic heterocycles. The Morgan fingerprint density at radius 1 is 1.33 bits per heavy atom. The molecule has 1 aromatic carbocycles. The Morgan fingerprint density at radius 3 is 2.81 bits per heavy atom. The van der Waals surface area contributed by atoms with Crippen LogP contribution in [0.15, 0.2) is 24.3 Å². The van der Waals surface area contributed by atoms with E-state index in [2.05, 4.69) is 22.1 Å². The van der Waals surface area contributed by atoms with E-state index < -0.39 is 0 Å². The minimum absolute atomic E-state index is 0.669. The van der Waals surface area contributed by atoms with Crippen LogP contribution in [0.4, 0.5) is 0 Å². The molecule has 6 heteroatoms. The van der Waals surface area contributed by atoms with Crippen molar-refractivity contribution >= 4 is 11.6 Å². The molecule has 21 heavy (non-hydrogen) atoms. The first-order valence-electron chi connectivity index (χ1n) is 6.98. The van der Waals surface area contributed by atoms with Gasteiger partial charge in [0.05, 0.1) is 13.2 Å². The van der Waals surface area contributed by atoms with E-state index >= 15 is 0 Å². The fourth-order valence-electron chi connectivity index (χ4n) is 1.99. The number of hydrogen-bond acceptors (Lipinski definition) is 4. The Balaban J connectivity index is 1.70. The average molecular weight is 309 g/mol. The van der Waals surface area contributed by atoms with Gasteiger partial charge in [-0.3, -0.25) is 4.90 Å². The van der Waals surface area contributed by atoms with Gasteiger partial charge in [-0.25, -0.2) is 0 Å². The molecular weight excluding hydrogens is 288 g/mol. The monoisotopic (exact) mass is 308 g/mol. The van der Waals surface area contributed by atoms with Gasteiger partial charge in [0.15, 0.2) is 0 Å². The van der Waals surface area contributed by atoms with Gasteiger partial charge in [0.2, 0.25) is 0 Å². The number of benzene rings is 1. The highest BCUT2D eigenvalue weighted by Crippen LogP contribution is 2.17. The molecule has 5 nitrogen and oxygen atoms in total. The van der Waals surface area contributed by atoms with Crippen LogP contribution >= 0.6 is 11.6 Å². The van der Waals surface area contributed by atoms with Crippen LogP contribution in [0, 0.1) is 6.92 Å². The molecule has 0 unspecified atom stereocenters. The summed E-state index contributed by atoms with van der Waals surface area (Å²) in [5.74, 6) is 2.72. The second kappa shape index (κ2) is 7.43. The predicted molar refractivity (Wildman–Crippen MR) is 83.6 cm³/mol. The number of hydrogen-bond donors (Lipinski definition) is 0. The molecule has 2 aromatic rings. The maximum Gasteiger partial charge on any atom is 0.146 e. The third-order valence-corrected chi connectivity index (χ3v) is 3.58. The van der Waals surface area contributed by atoms with Crippen LogP contribution in [-0.4, -0.2) is 39.9 Å². The van der Waals surface area contributed by atoms with E-state index in [0.29, 0.717) is 11.6 Å². The lowest BCUT2D eigenvalue weighted by atomic mass is 10.3. The van der Waals surface area contributed by atoms with Crippen molar-refractivity contribution in [1.82, 2.24) is 19.7 Å². The summed E-state index contributed by atoms with van der Waals surface area (Å²) in [4.78, 5) is 2.21. The molecule has 0 aliphatic heterocycles. The number of aromatic nitrogens is 3. The molecule has 0 radical (unpaired) electrons. The zero-order valence-corrected chi connectivity index (χ0v) is 13.5. The van der Waals surface area contributed by atoms with Crippen LogP contribution < -0.4 is 4.74 Å². The van der Waals surface area contributed by atoms with Crippen molar-refractivity contribution in [3.05, 3.63) is 40.9 Å². The van der Waals surface area contributed by atoms with Crippen LogP contribution in [0.3, 0.4) is 0 Å². The van der Waals surface area contributed by atoms with E-state index in [1.54, 1.807) is 0 Å². The molecule has 0 aliphatic carbocycles. The third kappa shape index (κ3) is 4.72. The normalized spacial score (nSPS) is 11.1. The van der Waals surface area contributed by atoms with E-state index in [0.717, 1.165) is 36.9 Å². The topological polar surface area (TPSA) is 43.2 Å². The van der Waals surface area contributed by atoms with E-state index in [1.807, 2.05) is 42.8 Å². The zero-order chi connectivity index (χ0) is 15.2. The van der Waals surface area contributed by atoms with Crippen molar-refractivity contribution in [1.29, 1.82) is 0 Å². The van der Waals surface area contributed by atoms with E-state index in [4.69, 9.17) is 16.3 Å². The summed E-state index contributed by atoms with van der Waals surface area (Å²) in [6.45, 7) is 4.35. The summed E-state index contributed by atoms with van der Waals surface area (Å²) < 4.78 is 7.68. The minimum Gasteiger partial charge on any atom is -0.493 e. The van der Waals surface area contributed by atoms with Crippen molar-refractivity contribution in [2.45, 2.75) is 19.9 Å².